The Morgan fingerprint density at radius 2 is 1.81 bits per heavy atom. The largest absolute Gasteiger partial charge is 0.495 e. The third-order valence-corrected chi connectivity index (χ3v) is 4.22. The molecule has 3 aromatic carbocycles. The van der Waals surface area contributed by atoms with Crippen LogP contribution in [0.5, 0.6) is 5.75 Å². The van der Waals surface area contributed by atoms with E-state index in [9.17, 15) is 4.79 Å². The summed E-state index contributed by atoms with van der Waals surface area (Å²) in [5, 5.41) is 2.92. The Kier molecular flexibility index (Phi) is 4.58. The average molecular weight is 358 g/mol. The van der Waals surface area contributed by atoms with Gasteiger partial charge in [-0.3, -0.25) is 4.79 Å². The Morgan fingerprint density at radius 1 is 1.04 bits per heavy atom. The number of benzene rings is 3. The van der Waals surface area contributed by atoms with Gasteiger partial charge in [-0.05, 0) is 35.9 Å². The van der Waals surface area contributed by atoms with Crippen LogP contribution in [0.2, 0.25) is 0 Å². The third-order valence-electron chi connectivity index (χ3n) is 4.22. The van der Waals surface area contributed by atoms with Crippen molar-refractivity contribution in [2.45, 2.75) is 6.42 Å². The van der Waals surface area contributed by atoms with Crippen molar-refractivity contribution in [1.29, 1.82) is 0 Å². The number of para-hydroxylation sites is 2. The van der Waals surface area contributed by atoms with Crippen LogP contribution < -0.4 is 10.1 Å². The highest BCUT2D eigenvalue weighted by Gasteiger charge is 2.13. The van der Waals surface area contributed by atoms with Crippen molar-refractivity contribution >= 4 is 22.7 Å². The van der Waals surface area contributed by atoms with Crippen LogP contribution >= 0.6 is 0 Å². The maximum absolute atomic E-state index is 12.4. The molecule has 0 saturated heterocycles. The zero-order chi connectivity index (χ0) is 18.6. The highest BCUT2D eigenvalue weighted by atomic mass is 16.5. The van der Waals surface area contributed by atoms with Crippen molar-refractivity contribution < 1.29 is 13.9 Å². The number of carbonyl (C=O) groups excluding carboxylic acids is 1. The fourth-order valence-corrected chi connectivity index (χ4v) is 2.91. The summed E-state index contributed by atoms with van der Waals surface area (Å²) in [6.07, 6.45) is 0.289. The molecule has 1 aromatic heterocycles. The minimum absolute atomic E-state index is 0.116. The van der Waals surface area contributed by atoms with Gasteiger partial charge in [0.05, 0.1) is 19.2 Å². The molecule has 0 atom stereocenters. The smallest absolute Gasteiger partial charge is 0.228 e. The zero-order valence-corrected chi connectivity index (χ0v) is 14.8. The van der Waals surface area contributed by atoms with Crippen molar-refractivity contribution in [3.05, 3.63) is 78.4 Å². The maximum Gasteiger partial charge on any atom is 0.228 e. The van der Waals surface area contributed by atoms with Gasteiger partial charge in [-0.25, -0.2) is 4.98 Å². The topological polar surface area (TPSA) is 64.4 Å². The Morgan fingerprint density at radius 3 is 2.59 bits per heavy atom. The van der Waals surface area contributed by atoms with E-state index >= 15 is 0 Å². The second kappa shape index (κ2) is 7.33. The van der Waals surface area contributed by atoms with E-state index in [0.717, 1.165) is 22.2 Å². The molecule has 0 aliphatic carbocycles. The number of methoxy groups -OCH3 is 1. The lowest BCUT2D eigenvalue weighted by Gasteiger charge is -2.11. The van der Waals surface area contributed by atoms with E-state index in [2.05, 4.69) is 10.3 Å². The molecular formula is C22H18N2O3. The van der Waals surface area contributed by atoms with Crippen molar-refractivity contribution in [1.82, 2.24) is 4.98 Å². The van der Waals surface area contributed by atoms with E-state index in [1.807, 2.05) is 66.7 Å². The number of amides is 1. The molecule has 4 aromatic rings. The van der Waals surface area contributed by atoms with Gasteiger partial charge in [-0.2, -0.15) is 0 Å². The van der Waals surface area contributed by atoms with Gasteiger partial charge in [-0.15, -0.1) is 0 Å². The number of hydrogen-bond donors (Lipinski definition) is 1. The lowest BCUT2D eigenvalue weighted by Crippen LogP contribution is -2.15. The van der Waals surface area contributed by atoms with Crippen molar-refractivity contribution in [3.63, 3.8) is 0 Å². The lowest BCUT2D eigenvalue weighted by molar-refractivity contribution is -0.115. The van der Waals surface area contributed by atoms with Gasteiger partial charge in [0.1, 0.15) is 11.3 Å². The SMILES string of the molecule is COc1ccc(-c2nc3ccccc3o2)cc1NC(=O)Cc1ccccc1. The minimum atomic E-state index is -0.116. The van der Waals surface area contributed by atoms with Gasteiger partial charge in [-0.1, -0.05) is 42.5 Å². The summed E-state index contributed by atoms with van der Waals surface area (Å²) in [6.45, 7) is 0. The molecule has 0 unspecified atom stereocenters. The Hall–Kier alpha value is -3.60. The minimum Gasteiger partial charge on any atom is -0.495 e. The molecule has 0 saturated carbocycles. The number of ether oxygens (including phenoxy) is 1. The van der Waals surface area contributed by atoms with Gasteiger partial charge in [0, 0.05) is 5.56 Å². The molecule has 0 bridgehead atoms. The van der Waals surface area contributed by atoms with E-state index in [1.165, 1.54) is 0 Å². The first-order valence-corrected chi connectivity index (χ1v) is 8.61. The van der Waals surface area contributed by atoms with Crippen LogP contribution in [0.1, 0.15) is 5.56 Å². The first kappa shape index (κ1) is 16.8. The molecule has 0 spiro atoms. The van der Waals surface area contributed by atoms with E-state index in [0.29, 0.717) is 17.3 Å². The molecule has 134 valence electrons. The number of anilines is 1. The van der Waals surface area contributed by atoms with Crippen LogP contribution in [0.25, 0.3) is 22.6 Å². The summed E-state index contributed by atoms with van der Waals surface area (Å²) in [6, 6.07) is 22.6. The zero-order valence-electron chi connectivity index (χ0n) is 14.8. The van der Waals surface area contributed by atoms with E-state index in [1.54, 1.807) is 13.2 Å². The number of nitrogens with zero attached hydrogens (tertiary/aromatic N) is 1. The molecule has 1 heterocycles. The number of oxazole rings is 1. The van der Waals surface area contributed by atoms with Gasteiger partial charge in [0.15, 0.2) is 5.58 Å². The summed E-state index contributed by atoms with van der Waals surface area (Å²) >= 11 is 0. The fourth-order valence-electron chi connectivity index (χ4n) is 2.91. The molecule has 0 radical (unpaired) electrons. The number of hydrogen-bond acceptors (Lipinski definition) is 4. The van der Waals surface area contributed by atoms with Crippen molar-refractivity contribution in [2.75, 3.05) is 12.4 Å². The molecular weight excluding hydrogens is 340 g/mol. The van der Waals surface area contributed by atoms with Gasteiger partial charge >= 0.3 is 0 Å². The highest BCUT2D eigenvalue weighted by molar-refractivity contribution is 5.94. The number of nitrogens with one attached hydrogen (secondary N) is 1. The number of aromatic nitrogens is 1. The van der Waals surface area contributed by atoms with Crippen LogP contribution in [-0.2, 0) is 11.2 Å². The monoisotopic (exact) mass is 358 g/mol. The number of rotatable bonds is 5. The van der Waals surface area contributed by atoms with Gasteiger partial charge in [0.2, 0.25) is 11.8 Å². The van der Waals surface area contributed by atoms with Crippen LogP contribution in [-0.4, -0.2) is 18.0 Å². The molecule has 4 rings (SSSR count). The predicted octanol–water partition coefficient (Wildman–Crippen LogP) is 4.68. The molecule has 5 heteroatoms. The summed E-state index contributed by atoms with van der Waals surface area (Å²) < 4.78 is 11.2. The van der Waals surface area contributed by atoms with Gasteiger partial charge < -0.3 is 14.5 Å². The maximum atomic E-state index is 12.4. The molecule has 27 heavy (non-hydrogen) atoms. The van der Waals surface area contributed by atoms with Crippen LogP contribution in [0, 0.1) is 0 Å². The number of fused-ring (bicyclic) bond motifs is 1. The first-order chi connectivity index (χ1) is 13.2. The molecule has 1 N–H and O–H groups in total. The van der Waals surface area contributed by atoms with Gasteiger partial charge in [0.25, 0.3) is 0 Å². The van der Waals surface area contributed by atoms with Crippen molar-refractivity contribution in [3.8, 4) is 17.2 Å². The third kappa shape index (κ3) is 3.67. The van der Waals surface area contributed by atoms with Crippen LogP contribution in [0.4, 0.5) is 5.69 Å². The van der Waals surface area contributed by atoms with Crippen LogP contribution in [0.15, 0.2) is 77.2 Å². The molecule has 5 nitrogen and oxygen atoms in total. The van der Waals surface area contributed by atoms with Crippen LogP contribution in [0.3, 0.4) is 0 Å². The van der Waals surface area contributed by atoms with E-state index < -0.39 is 0 Å². The summed E-state index contributed by atoms with van der Waals surface area (Å²) in [5.41, 5.74) is 3.81. The second-order valence-corrected chi connectivity index (χ2v) is 6.11. The second-order valence-electron chi connectivity index (χ2n) is 6.11. The summed E-state index contributed by atoms with van der Waals surface area (Å²) in [7, 11) is 1.57. The normalized spacial score (nSPS) is 10.7. The first-order valence-electron chi connectivity index (χ1n) is 8.61. The molecule has 0 fully saturated rings. The van der Waals surface area contributed by atoms with E-state index in [4.69, 9.17) is 9.15 Å². The summed E-state index contributed by atoms with van der Waals surface area (Å²) in [4.78, 5) is 16.9. The molecule has 1 amide bonds. The average Bonchev–Trinajstić information content (AvgIpc) is 3.13. The lowest BCUT2D eigenvalue weighted by atomic mass is 10.1. The fraction of sp³-hybridized carbons (Fsp3) is 0.0909. The highest BCUT2D eigenvalue weighted by Crippen LogP contribution is 2.32. The van der Waals surface area contributed by atoms with Crippen molar-refractivity contribution in [2.24, 2.45) is 0 Å². The molecule has 0 aliphatic heterocycles. The number of carbonyl (C=O) groups is 1. The predicted molar refractivity (Wildman–Crippen MR) is 105 cm³/mol. The summed E-state index contributed by atoms with van der Waals surface area (Å²) in [5.74, 6) is 0.961. The standard InChI is InChI=1S/C22H18N2O3/c1-26-19-12-11-16(22-24-17-9-5-6-10-20(17)27-22)14-18(19)23-21(25)13-15-7-3-2-4-8-15/h2-12,14H,13H2,1H3,(H,23,25). The Balaban J connectivity index is 1.61. The Labute approximate surface area is 156 Å². The Bertz CT molecular complexity index is 1050. The quantitative estimate of drug-likeness (QED) is 0.562. The molecule has 0 aliphatic rings. The van der Waals surface area contributed by atoms with E-state index in [-0.39, 0.29) is 12.3 Å².